The molecule has 2 unspecified atom stereocenters. The van der Waals surface area contributed by atoms with Gasteiger partial charge in [-0.2, -0.15) is 8.78 Å². The number of benzene rings is 2. The molecule has 2 aliphatic heterocycles. The minimum absolute atomic E-state index is 0.0426. The topological polar surface area (TPSA) is 162 Å². The largest absolute Gasteiger partial charge is 0.459 e. The smallest absolute Gasteiger partial charge is 0.408 e. The maximum atomic E-state index is 13.5. The highest BCUT2D eigenvalue weighted by atomic mass is 19.3. The molecule has 2 aromatic heterocycles. The molecule has 2 atom stereocenters. The number of alkyl carbamates (subject to hydrolysis) is 1. The number of ether oxygens (including phenoxy) is 3. The lowest BCUT2D eigenvalue weighted by Gasteiger charge is -2.36. The van der Waals surface area contributed by atoms with Crippen LogP contribution in [0.25, 0.3) is 22.0 Å². The first-order chi connectivity index (χ1) is 24.7. The molecule has 17 heteroatoms. The number of carbonyl (C=O) groups excluding carboxylic acids is 3. The number of hydrogen-bond donors (Lipinski definition) is 2. The minimum Gasteiger partial charge on any atom is -0.459 e. The highest BCUT2D eigenvalue weighted by Gasteiger charge is 2.36. The molecule has 276 valence electrons. The molecule has 2 N–H and O–H groups in total. The van der Waals surface area contributed by atoms with E-state index in [2.05, 4.69) is 20.6 Å². The number of nitrogens with zero attached hydrogens (tertiary/aromatic N) is 6. The molecule has 2 aromatic carbocycles. The van der Waals surface area contributed by atoms with E-state index in [-0.39, 0.29) is 36.5 Å². The number of nitrogens with one attached hydrogen (secondary N) is 2. The van der Waals surface area contributed by atoms with Gasteiger partial charge in [0, 0.05) is 56.7 Å². The Bertz CT molecular complexity index is 2040. The maximum absolute atomic E-state index is 13.5. The van der Waals surface area contributed by atoms with Crippen LogP contribution in [0.1, 0.15) is 38.8 Å². The van der Waals surface area contributed by atoms with Gasteiger partial charge in [0.25, 0.3) is 5.56 Å². The summed E-state index contributed by atoms with van der Waals surface area (Å²) in [6, 6.07) is 8.67. The van der Waals surface area contributed by atoms with Gasteiger partial charge in [-0.3, -0.25) is 14.2 Å². The van der Waals surface area contributed by atoms with E-state index < -0.39 is 30.3 Å². The Morgan fingerprint density at radius 2 is 1.81 bits per heavy atom. The molecular formula is C35H40F2N8O7. The van der Waals surface area contributed by atoms with Gasteiger partial charge in [-0.05, 0) is 63.1 Å². The number of anilines is 1. The van der Waals surface area contributed by atoms with Crippen LogP contribution in [0.15, 0.2) is 53.6 Å². The van der Waals surface area contributed by atoms with Gasteiger partial charge in [0.2, 0.25) is 5.95 Å². The molecule has 0 aliphatic carbocycles. The van der Waals surface area contributed by atoms with Crippen molar-refractivity contribution in [3.05, 3.63) is 70.3 Å². The highest BCUT2D eigenvalue weighted by molar-refractivity contribution is 5.84. The van der Waals surface area contributed by atoms with Crippen molar-refractivity contribution in [2.75, 3.05) is 31.1 Å². The van der Waals surface area contributed by atoms with Crippen LogP contribution in [0, 0.1) is 0 Å². The molecule has 2 saturated heterocycles. The Morgan fingerprint density at radius 1 is 1.06 bits per heavy atom. The highest BCUT2D eigenvalue weighted by Crippen LogP contribution is 2.28. The van der Waals surface area contributed by atoms with E-state index in [4.69, 9.17) is 14.2 Å². The van der Waals surface area contributed by atoms with E-state index in [1.165, 1.54) is 23.7 Å². The number of hydrogen-bond acceptors (Lipinski definition) is 10. The lowest BCUT2D eigenvalue weighted by molar-refractivity contribution is -0.147. The average molecular weight is 723 g/mol. The third-order valence-corrected chi connectivity index (χ3v) is 8.78. The van der Waals surface area contributed by atoms with Crippen molar-refractivity contribution >= 4 is 34.9 Å². The van der Waals surface area contributed by atoms with Gasteiger partial charge in [0.1, 0.15) is 24.0 Å². The van der Waals surface area contributed by atoms with Crippen LogP contribution in [-0.4, -0.2) is 92.8 Å². The van der Waals surface area contributed by atoms with Gasteiger partial charge in [0.15, 0.2) is 0 Å². The van der Waals surface area contributed by atoms with E-state index in [1.807, 2.05) is 15.9 Å². The standard InChI is InChI=1S/C35H40F2N8O7/c1-20(41-34(49)52-35(2,3)4)30(47)50-19-21-6-9-28(51-31(36)37)23(12-21)17-45-27-13-22(7-8-26(27)29(46)42(45)5)24-14-38-32(39-15-24)43-10-11-44-25(18-43)16-40-33(44)48/h6-9,12-15,20,25,31H,10-11,16-19H2,1-5H3,(H,40,48)(H,41,49). The van der Waals surface area contributed by atoms with E-state index in [0.29, 0.717) is 59.7 Å². The van der Waals surface area contributed by atoms with Crippen LogP contribution in [0.2, 0.25) is 0 Å². The molecule has 2 aliphatic rings. The quantitative estimate of drug-likeness (QED) is 0.231. The Labute approximate surface area is 297 Å². The maximum Gasteiger partial charge on any atom is 0.408 e. The summed E-state index contributed by atoms with van der Waals surface area (Å²) in [5.41, 5.74) is 1.69. The first-order valence-electron chi connectivity index (χ1n) is 16.7. The number of halogens is 2. The lowest BCUT2D eigenvalue weighted by Crippen LogP contribution is -2.52. The Kier molecular flexibility index (Phi) is 10.0. The molecule has 4 aromatic rings. The van der Waals surface area contributed by atoms with Gasteiger partial charge < -0.3 is 34.6 Å². The molecule has 3 amide bonds. The van der Waals surface area contributed by atoms with Crippen molar-refractivity contribution in [3.8, 4) is 16.9 Å². The van der Waals surface area contributed by atoms with E-state index in [1.54, 1.807) is 63.1 Å². The van der Waals surface area contributed by atoms with Crippen molar-refractivity contribution < 1.29 is 37.4 Å². The summed E-state index contributed by atoms with van der Waals surface area (Å²) in [4.78, 5) is 63.0. The molecule has 0 radical (unpaired) electrons. The van der Waals surface area contributed by atoms with Crippen LogP contribution >= 0.6 is 0 Å². The van der Waals surface area contributed by atoms with Crippen LogP contribution in [0.5, 0.6) is 5.75 Å². The van der Waals surface area contributed by atoms with Gasteiger partial charge in [-0.1, -0.05) is 12.1 Å². The van der Waals surface area contributed by atoms with Crippen LogP contribution in [0.3, 0.4) is 0 Å². The number of carbonyl (C=O) groups is 3. The fraction of sp³-hybridized carbons (Fsp3) is 0.429. The molecule has 0 saturated carbocycles. The van der Waals surface area contributed by atoms with Gasteiger partial charge >= 0.3 is 24.7 Å². The van der Waals surface area contributed by atoms with E-state index in [0.717, 1.165) is 5.56 Å². The average Bonchev–Trinajstić information content (AvgIpc) is 3.58. The minimum atomic E-state index is -3.11. The fourth-order valence-electron chi connectivity index (χ4n) is 6.20. The van der Waals surface area contributed by atoms with Crippen molar-refractivity contribution in [2.24, 2.45) is 7.05 Å². The number of urea groups is 1. The predicted octanol–water partition coefficient (Wildman–Crippen LogP) is 3.62. The van der Waals surface area contributed by atoms with Gasteiger partial charge in [-0.25, -0.2) is 24.4 Å². The first-order valence-corrected chi connectivity index (χ1v) is 16.7. The molecule has 4 heterocycles. The number of alkyl halides is 2. The summed E-state index contributed by atoms with van der Waals surface area (Å²) in [5, 5.41) is 5.69. The third kappa shape index (κ3) is 7.92. The van der Waals surface area contributed by atoms with E-state index >= 15 is 0 Å². The summed E-state index contributed by atoms with van der Waals surface area (Å²) in [6.07, 6.45) is 2.62. The second kappa shape index (κ2) is 14.5. The Hall–Kier alpha value is -5.74. The Morgan fingerprint density at radius 3 is 2.52 bits per heavy atom. The van der Waals surface area contributed by atoms with Crippen LogP contribution in [0.4, 0.5) is 24.3 Å². The zero-order chi connectivity index (χ0) is 37.3. The van der Waals surface area contributed by atoms with Crippen LogP contribution < -0.4 is 25.8 Å². The first kappa shape index (κ1) is 36.1. The van der Waals surface area contributed by atoms with Crippen LogP contribution in [-0.2, 0) is 34.5 Å². The number of fused-ring (bicyclic) bond motifs is 2. The molecule has 0 bridgehead atoms. The lowest BCUT2D eigenvalue weighted by atomic mass is 10.1. The van der Waals surface area contributed by atoms with Crippen molar-refractivity contribution in [1.82, 2.24) is 34.9 Å². The predicted molar refractivity (Wildman–Crippen MR) is 185 cm³/mol. The molecule has 15 nitrogen and oxygen atoms in total. The molecular weight excluding hydrogens is 682 g/mol. The van der Waals surface area contributed by atoms with E-state index in [9.17, 15) is 28.0 Å². The second-order valence-corrected chi connectivity index (χ2v) is 13.7. The number of aromatic nitrogens is 4. The monoisotopic (exact) mass is 722 g/mol. The molecule has 0 spiro atoms. The van der Waals surface area contributed by atoms with Crippen molar-refractivity contribution in [1.29, 1.82) is 0 Å². The van der Waals surface area contributed by atoms with Gasteiger partial charge in [-0.15, -0.1) is 0 Å². The van der Waals surface area contributed by atoms with Gasteiger partial charge in [0.05, 0.1) is 23.5 Å². The zero-order valence-corrected chi connectivity index (χ0v) is 29.4. The van der Waals surface area contributed by atoms with Crippen molar-refractivity contribution in [2.45, 2.75) is 65.1 Å². The zero-order valence-electron chi connectivity index (χ0n) is 29.4. The molecule has 52 heavy (non-hydrogen) atoms. The molecule has 6 rings (SSSR count). The summed E-state index contributed by atoms with van der Waals surface area (Å²) >= 11 is 0. The number of piperazine rings is 1. The third-order valence-electron chi connectivity index (χ3n) is 8.78. The summed E-state index contributed by atoms with van der Waals surface area (Å²) in [5.74, 6) is -0.293. The number of amides is 3. The number of esters is 1. The second-order valence-electron chi connectivity index (χ2n) is 13.7. The Balaban J connectivity index is 1.21. The summed E-state index contributed by atoms with van der Waals surface area (Å²) in [7, 11) is 1.57. The summed E-state index contributed by atoms with van der Waals surface area (Å²) < 4.78 is 45.3. The summed E-state index contributed by atoms with van der Waals surface area (Å²) in [6.45, 7) is 5.53. The number of rotatable bonds is 10. The van der Waals surface area contributed by atoms with Crippen molar-refractivity contribution in [3.63, 3.8) is 0 Å². The normalized spacial score (nSPS) is 16.5. The fourth-order valence-corrected chi connectivity index (χ4v) is 6.20. The molecule has 2 fully saturated rings. The SMILES string of the molecule is CC(NC(=O)OC(C)(C)C)C(=O)OCc1ccc(OC(F)F)c(Cn2c3cc(-c4cnc(N5CCN6C(=O)NCC6C5)nc4)ccc3c(=O)n2C)c1.